The third-order valence-corrected chi connectivity index (χ3v) is 3.53. The average Bonchev–Trinajstić information content (AvgIpc) is 2.97. The average molecular weight is 274 g/mol. The van der Waals surface area contributed by atoms with Gasteiger partial charge in [-0.25, -0.2) is 0 Å². The van der Waals surface area contributed by atoms with Crippen LogP contribution in [-0.4, -0.2) is 30.4 Å². The third-order valence-electron chi connectivity index (χ3n) is 3.53. The predicted octanol–water partition coefficient (Wildman–Crippen LogP) is 2.32. The van der Waals surface area contributed by atoms with Crippen LogP contribution >= 0.6 is 0 Å². The lowest BCUT2D eigenvalue weighted by Crippen LogP contribution is -2.29. The van der Waals surface area contributed by atoms with Crippen LogP contribution in [0, 0.1) is 0 Å². The topological polar surface area (TPSA) is 77.4 Å². The molecule has 106 valence electrons. The molecule has 0 unspecified atom stereocenters. The highest BCUT2D eigenvalue weighted by Crippen LogP contribution is 2.30. The summed E-state index contributed by atoms with van der Waals surface area (Å²) < 4.78 is 10.9. The molecule has 1 aliphatic rings. The summed E-state index contributed by atoms with van der Waals surface area (Å²) in [5, 5.41) is 8.22. The first-order chi connectivity index (χ1) is 9.78. The van der Waals surface area contributed by atoms with E-state index in [0.29, 0.717) is 23.3 Å². The van der Waals surface area contributed by atoms with Gasteiger partial charge in [0.05, 0.1) is 12.7 Å². The van der Waals surface area contributed by atoms with E-state index in [1.165, 1.54) is 19.3 Å². The van der Waals surface area contributed by atoms with Gasteiger partial charge < -0.3 is 19.8 Å². The summed E-state index contributed by atoms with van der Waals surface area (Å²) in [7, 11) is 1.61. The normalized spacial score (nSPS) is 15.3. The van der Waals surface area contributed by atoms with Crippen LogP contribution in [-0.2, 0) is 0 Å². The maximum absolute atomic E-state index is 6.00. The van der Waals surface area contributed by atoms with Gasteiger partial charge in [-0.15, -0.1) is 5.10 Å². The van der Waals surface area contributed by atoms with Crippen LogP contribution in [0.25, 0.3) is 11.5 Å². The molecular weight excluding hydrogens is 256 g/mol. The molecule has 1 aliphatic heterocycles. The lowest BCUT2D eigenvalue weighted by molar-refractivity contribution is 0.415. The van der Waals surface area contributed by atoms with Gasteiger partial charge in [-0.3, -0.25) is 0 Å². The number of methoxy groups -OCH3 is 1. The van der Waals surface area contributed by atoms with Gasteiger partial charge in [-0.1, -0.05) is 5.10 Å². The van der Waals surface area contributed by atoms with Gasteiger partial charge in [0.15, 0.2) is 0 Å². The van der Waals surface area contributed by atoms with Gasteiger partial charge in [-0.05, 0) is 31.4 Å². The van der Waals surface area contributed by atoms with Crippen molar-refractivity contribution in [2.75, 3.05) is 30.8 Å². The highest BCUT2D eigenvalue weighted by atomic mass is 16.5. The van der Waals surface area contributed by atoms with Gasteiger partial charge in [0.1, 0.15) is 5.75 Å². The van der Waals surface area contributed by atoms with Crippen LogP contribution in [0.5, 0.6) is 5.75 Å². The van der Waals surface area contributed by atoms with Crippen molar-refractivity contribution in [1.82, 2.24) is 10.2 Å². The van der Waals surface area contributed by atoms with E-state index in [1.807, 2.05) is 12.1 Å². The number of rotatable bonds is 3. The van der Waals surface area contributed by atoms with Crippen LogP contribution in [0.2, 0.25) is 0 Å². The number of hydrogen-bond acceptors (Lipinski definition) is 6. The van der Waals surface area contributed by atoms with Crippen LogP contribution < -0.4 is 15.4 Å². The molecule has 3 rings (SSSR count). The molecule has 0 radical (unpaired) electrons. The predicted molar refractivity (Wildman–Crippen MR) is 76.8 cm³/mol. The van der Waals surface area contributed by atoms with Crippen molar-refractivity contribution >= 4 is 11.7 Å². The number of nitrogens with two attached hydrogens (primary N) is 1. The summed E-state index contributed by atoms with van der Waals surface area (Å²) in [5.41, 5.74) is 7.30. The maximum Gasteiger partial charge on any atom is 0.318 e. The highest BCUT2D eigenvalue weighted by Gasteiger charge is 2.18. The number of nitrogens with zero attached hydrogens (tertiary/aromatic N) is 3. The van der Waals surface area contributed by atoms with Crippen molar-refractivity contribution in [3.8, 4) is 17.2 Å². The Balaban J connectivity index is 1.85. The smallest absolute Gasteiger partial charge is 0.318 e. The van der Waals surface area contributed by atoms with Gasteiger partial charge in [0, 0.05) is 24.8 Å². The van der Waals surface area contributed by atoms with E-state index in [2.05, 4.69) is 15.1 Å². The summed E-state index contributed by atoms with van der Waals surface area (Å²) in [5.74, 6) is 1.16. The molecule has 1 fully saturated rings. The molecule has 6 heteroatoms. The van der Waals surface area contributed by atoms with E-state index in [1.54, 1.807) is 13.2 Å². The molecule has 2 heterocycles. The van der Waals surface area contributed by atoms with Crippen molar-refractivity contribution in [2.24, 2.45) is 0 Å². The van der Waals surface area contributed by atoms with E-state index < -0.39 is 0 Å². The number of benzene rings is 1. The third kappa shape index (κ3) is 2.41. The molecule has 0 atom stereocenters. The van der Waals surface area contributed by atoms with Crippen LogP contribution in [0.1, 0.15) is 19.3 Å². The molecule has 1 aromatic heterocycles. The number of anilines is 2. The lowest BCUT2D eigenvalue weighted by Gasteiger charge is -2.24. The van der Waals surface area contributed by atoms with Crippen LogP contribution in [0.15, 0.2) is 22.6 Å². The van der Waals surface area contributed by atoms with Crippen molar-refractivity contribution in [1.29, 1.82) is 0 Å². The van der Waals surface area contributed by atoms with Crippen molar-refractivity contribution < 1.29 is 9.15 Å². The Hall–Kier alpha value is -2.24. The number of aromatic nitrogens is 2. The zero-order valence-electron chi connectivity index (χ0n) is 11.5. The molecule has 6 nitrogen and oxygen atoms in total. The standard InChI is InChI=1S/C14H18N4O2/c1-19-10-5-6-11(12(15)9-10)13-16-17-14(20-13)18-7-3-2-4-8-18/h5-6,9H,2-4,7-8,15H2,1H3. The van der Waals surface area contributed by atoms with Crippen molar-refractivity contribution in [3.63, 3.8) is 0 Å². The van der Waals surface area contributed by atoms with Gasteiger partial charge >= 0.3 is 6.01 Å². The number of hydrogen-bond donors (Lipinski definition) is 1. The summed E-state index contributed by atoms with van der Waals surface area (Å²) in [6, 6.07) is 5.99. The molecule has 20 heavy (non-hydrogen) atoms. The molecule has 2 N–H and O–H groups in total. The second-order valence-corrected chi connectivity index (χ2v) is 4.89. The van der Waals surface area contributed by atoms with Crippen LogP contribution in [0.4, 0.5) is 11.7 Å². The van der Waals surface area contributed by atoms with Crippen molar-refractivity contribution in [3.05, 3.63) is 18.2 Å². The first kappa shape index (κ1) is 12.8. The second-order valence-electron chi connectivity index (χ2n) is 4.89. The first-order valence-corrected chi connectivity index (χ1v) is 6.80. The number of ether oxygens (including phenoxy) is 1. The van der Waals surface area contributed by atoms with E-state index in [4.69, 9.17) is 14.9 Å². The fraction of sp³-hybridized carbons (Fsp3) is 0.429. The van der Waals surface area contributed by atoms with E-state index in [-0.39, 0.29) is 0 Å². The molecule has 0 spiro atoms. The molecule has 1 aromatic carbocycles. The summed E-state index contributed by atoms with van der Waals surface area (Å²) in [6.07, 6.45) is 3.60. The Kier molecular flexibility index (Phi) is 3.45. The summed E-state index contributed by atoms with van der Waals surface area (Å²) >= 11 is 0. The molecule has 1 saturated heterocycles. The van der Waals surface area contributed by atoms with E-state index in [0.717, 1.165) is 18.7 Å². The molecule has 2 aromatic rings. The quantitative estimate of drug-likeness (QED) is 0.865. The van der Waals surface area contributed by atoms with Gasteiger partial charge in [0.25, 0.3) is 5.89 Å². The minimum atomic E-state index is 0.450. The fourth-order valence-corrected chi connectivity index (χ4v) is 2.40. The summed E-state index contributed by atoms with van der Waals surface area (Å²) in [6.45, 7) is 1.94. The SMILES string of the molecule is COc1ccc(-c2nnc(N3CCCCC3)o2)c(N)c1. The minimum absolute atomic E-state index is 0.450. The highest BCUT2D eigenvalue weighted by molar-refractivity contribution is 5.72. The Bertz CT molecular complexity index is 591. The number of piperidine rings is 1. The maximum atomic E-state index is 6.00. The van der Waals surface area contributed by atoms with Crippen LogP contribution in [0.3, 0.4) is 0 Å². The van der Waals surface area contributed by atoms with Gasteiger partial charge in [-0.2, -0.15) is 0 Å². The zero-order chi connectivity index (χ0) is 13.9. The molecule has 0 amide bonds. The Labute approximate surface area is 117 Å². The minimum Gasteiger partial charge on any atom is -0.497 e. The molecule has 0 saturated carbocycles. The van der Waals surface area contributed by atoms with Crippen molar-refractivity contribution in [2.45, 2.75) is 19.3 Å². The molecule has 0 bridgehead atoms. The summed E-state index contributed by atoms with van der Waals surface area (Å²) in [4.78, 5) is 2.12. The zero-order valence-corrected chi connectivity index (χ0v) is 11.5. The monoisotopic (exact) mass is 274 g/mol. The molecular formula is C14H18N4O2. The Morgan fingerprint density at radius 1 is 1.20 bits per heavy atom. The fourth-order valence-electron chi connectivity index (χ4n) is 2.40. The lowest BCUT2D eigenvalue weighted by atomic mass is 10.1. The largest absolute Gasteiger partial charge is 0.497 e. The second kappa shape index (κ2) is 5.40. The Morgan fingerprint density at radius 3 is 2.70 bits per heavy atom. The van der Waals surface area contributed by atoms with E-state index >= 15 is 0 Å². The van der Waals surface area contributed by atoms with Gasteiger partial charge in [0.2, 0.25) is 0 Å². The van der Waals surface area contributed by atoms with E-state index in [9.17, 15) is 0 Å². The number of nitrogen functional groups attached to an aromatic ring is 1. The Morgan fingerprint density at radius 2 is 2.00 bits per heavy atom. The molecule has 0 aliphatic carbocycles. The first-order valence-electron chi connectivity index (χ1n) is 6.80.